The first-order valence-corrected chi connectivity index (χ1v) is 9.77. The van der Waals surface area contributed by atoms with Crippen molar-refractivity contribution in [3.05, 3.63) is 34.2 Å². The van der Waals surface area contributed by atoms with Crippen LogP contribution >= 0.6 is 11.3 Å². The van der Waals surface area contributed by atoms with E-state index < -0.39 is 0 Å². The Morgan fingerprint density at radius 2 is 2.23 bits per heavy atom. The van der Waals surface area contributed by atoms with E-state index in [1.807, 2.05) is 42.3 Å². The number of carbonyl (C=O) groups is 1. The first-order chi connectivity index (χ1) is 12.5. The molecule has 1 N–H and O–H groups in total. The van der Waals surface area contributed by atoms with Crippen LogP contribution in [0.15, 0.2) is 17.8 Å². The lowest BCUT2D eigenvalue weighted by atomic mass is 10.0. The number of hydrogen-bond donors (Lipinski definition) is 1. The van der Waals surface area contributed by atoms with Crippen LogP contribution in [0.2, 0.25) is 0 Å². The van der Waals surface area contributed by atoms with Crippen molar-refractivity contribution in [2.45, 2.75) is 19.8 Å². The number of nitrogens with one attached hydrogen (secondary N) is 1. The Hall–Kier alpha value is -2.06. The molecule has 0 spiro atoms. The van der Waals surface area contributed by atoms with Gasteiger partial charge >= 0.3 is 0 Å². The van der Waals surface area contributed by atoms with E-state index in [0.29, 0.717) is 12.3 Å². The SMILES string of the molecule is Cc1nc(CC(=O)N2CCNCC(Cc3cc(N(C)C)ncn3)C2)cs1. The van der Waals surface area contributed by atoms with Crippen molar-refractivity contribution in [3.8, 4) is 0 Å². The van der Waals surface area contributed by atoms with Crippen molar-refractivity contribution in [3.63, 3.8) is 0 Å². The van der Waals surface area contributed by atoms with Crippen LogP contribution in [-0.4, -0.2) is 66.0 Å². The van der Waals surface area contributed by atoms with Gasteiger partial charge < -0.3 is 15.1 Å². The largest absolute Gasteiger partial charge is 0.363 e. The molecule has 140 valence electrons. The van der Waals surface area contributed by atoms with E-state index in [1.54, 1.807) is 17.7 Å². The minimum Gasteiger partial charge on any atom is -0.363 e. The molecule has 0 bridgehead atoms. The van der Waals surface area contributed by atoms with E-state index in [0.717, 1.165) is 54.8 Å². The zero-order valence-corrected chi connectivity index (χ0v) is 16.4. The Morgan fingerprint density at radius 1 is 1.38 bits per heavy atom. The molecule has 0 aromatic carbocycles. The van der Waals surface area contributed by atoms with Gasteiger partial charge in [-0.2, -0.15) is 0 Å². The Labute approximate surface area is 158 Å². The van der Waals surface area contributed by atoms with Gasteiger partial charge in [-0.1, -0.05) is 0 Å². The van der Waals surface area contributed by atoms with Crippen molar-refractivity contribution in [2.24, 2.45) is 5.92 Å². The summed E-state index contributed by atoms with van der Waals surface area (Å²) in [5.74, 6) is 1.40. The van der Waals surface area contributed by atoms with Gasteiger partial charge in [-0.05, 0) is 19.3 Å². The summed E-state index contributed by atoms with van der Waals surface area (Å²) in [5.41, 5.74) is 1.89. The van der Waals surface area contributed by atoms with E-state index in [2.05, 4.69) is 20.3 Å². The van der Waals surface area contributed by atoms with E-state index in [4.69, 9.17) is 0 Å². The zero-order chi connectivity index (χ0) is 18.5. The lowest BCUT2D eigenvalue weighted by Gasteiger charge is -2.24. The van der Waals surface area contributed by atoms with Crippen LogP contribution < -0.4 is 10.2 Å². The minimum atomic E-state index is 0.153. The second-order valence-corrected chi connectivity index (χ2v) is 7.97. The third-order valence-corrected chi connectivity index (χ3v) is 5.31. The molecular formula is C18H26N6OS. The standard InChI is InChI=1S/C18H26N6OS/c1-13-22-16(11-26-13)8-18(25)24-5-4-19-9-14(10-24)6-15-7-17(23(2)3)21-12-20-15/h7,11-12,14,19H,4-6,8-10H2,1-3H3. The van der Waals surface area contributed by atoms with Crippen molar-refractivity contribution < 1.29 is 4.79 Å². The van der Waals surface area contributed by atoms with Gasteiger partial charge in [0.15, 0.2) is 0 Å². The van der Waals surface area contributed by atoms with Crippen LogP contribution in [0.5, 0.6) is 0 Å². The number of thiazole rings is 1. The molecule has 7 nitrogen and oxygen atoms in total. The molecule has 3 rings (SSSR count). The van der Waals surface area contributed by atoms with Crippen LogP contribution in [0, 0.1) is 12.8 Å². The highest BCUT2D eigenvalue weighted by atomic mass is 32.1. The molecule has 8 heteroatoms. The Bertz CT molecular complexity index is 747. The smallest absolute Gasteiger partial charge is 0.228 e. The number of carbonyl (C=O) groups excluding carboxylic acids is 1. The van der Waals surface area contributed by atoms with E-state index in [1.165, 1.54) is 0 Å². The third kappa shape index (κ3) is 4.98. The van der Waals surface area contributed by atoms with Crippen molar-refractivity contribution in [1.29, 1.82) is 0 Å². The normalized spacial score (nSPS) is 17.8. The second kappa shape index (κ2) is 8.55. The molecule has 1 aliphatic rings. The maximum atomic E-state index is 12.7. The average Bonchev–Trinajstić information content (AvgIpc) is 2.88. The average molecular weight is 375 g/mol. The highest BCUT2D eigenvalue weighted by Crippen LogP contribution is 2.15. The van der Waals surface area contributed by atoms with Crippen LogP contribution in [0.1, 0.15) is 16.4 Å². The van der Waals surface area contributed by atoms with Crippen molar-refractivity contribution in [1.82, 2.24) is 25.2 Å². The summed E-state index contributed by atoms with van der Waals surface area (Å²) in [6.07, 6.45) is 2.83. The molecule has 1 aliphatic heterocycles. The highest BCUT2D eigenvalue weighted by Gasteiger charge is 2.23. The molecule has 2 aromatic rings. The highest BCUT2D eigenvalue weighted by molar-refractivity contribution is 7.09. The van der Waals surface area contributed by atoms with Crippen molar-refractivity contribution in [2.75, 3.05) is 45.2 Å². The summed E-state index contributed by atoms with van der Waals surface area (Å²) < 4.78 is 0. The fraction of sp³-hybridized carbons (Fsp3) is 0.556. The molecule has 26 heavy (non-hydrogen) atoms. The number of anilines is 1. The number of hydrogen-bond acceptors (Lipinski definition) is 7. The minimum absolute atomic E-state index is 0.153. The summed E-state index contributed by atoms with van der Waals surface area (Å²) in [4.78, 5) is 29.7. The number of amides is 1. The van der Waals surface area contributed by atoms with Crippen LogP contribution in [0.25, 0.3) is 0 Å². The van der Waals surface area contributed by atoms with E-state index >= 15 is 0 Å². The monoisotopic (exact) mass is 374 g/mol. The Morgan fingerprint density at radius 3 is 2.96 bits per heavy atom. The van der Waals surface area contributed by atoms with Crippen molar-refractivity contribution >= 4 is 23.1 Å². The Kier molecular flexibility index (Phi) is 6.16. The van der Waals surface area contributed by atoms with Crippen LogP contribution in [0.4, 0.5) is 5.82 Å². The summed E-state index contributed by atoms with van der Waals surface area (Å²) in [5, 5.41) is 6.43. The molecule has 0 radical (unpaired) electrons. The van der Waals surface area contributed by atoms with Gasteiger partial charge in [0.2, 0.25) is 5.91 Å². The van der Waals surface area contributed by atoms with Gasteiger partial charge in [0.05, 0.1) is 17.1 Å². The van der Waals surface area contributed by atoms with Gasteiger partial charge in [0.1, 0.15) is 12.1 Å². The zero-order valence-electron chi connectivity index (χ0n) is 15.6. The molecule has 1 fully saturated rings. The second-order valence-electron chi connectivity index (χ2n) is 6.91. The topological polar surface area (TPSA) is 74.2 Å². The molecule has 0 saturated carbocycles. The first kappa shape index (κ1) is 18.7. The maximum absolute atomic E-state index is 12.7. The predicted octanol–water partition coefficient (Wildman–Crippen LogP) is 1.14. The number of aryl methyl sites for hydroxylation is 1. The fourth-order valence-electron chi connectivity index (χ4n) is 3.14. The molecule has 1 saturated heterocycles. The van der Waals surface area contributed by atoms with Gasteiger partial charge in [-0.25, -0.2) is 15.0 Å². The van der Waals surface area contributed by atoms with Gasteiger partial charge in [0.25, 0.3) is 0 Å². The first-order valence-electron chi connectivity index (χ1n) is 8.89. The van der Waals surface area contributed by atoms with Crippen LogP contribution in [-0.2, 0) is 17.6 Å². The molecule has 0 aliphatic carbocycles. The molecule has 2 aromatic heterocycles. The number of nitrogens with zero attached hydrogens (tertiary/aromatic N) is 5. The summed E-state index contributed by atoms with van der Waals surface area (Å²) in [6, 6.07) is 2.02. The van der Waals surface area contributed by atoms with Gasteiger partial charge in [0, 0.05) is 57.4 Å². The van der Waals surface area contributed by atoms with Gasteiger partial charge in [-0.3, -0.25) is 4.79 Å². The maximum Gasteiger partial charge on any atom is 0.228 e. The lowest BCUT2D eigenvalue weighted by Crippen LogP contribution is -2.37. The lowest BCUT2D eigenvalue weighted by molar-refractivity contribution is -0.130. The van der Waals surface area contributed by atoms with E-state index in [-0.39, 0.29) is 5.91 Å². The summed E-state index contributed by atoms with van der Waals surface area (Å²) >= 11 is 1.59. The summed E-state index contributed by atoms with van der Waals surface area (Å²) in [6.45, 7) is 5.17. The molecule has 1 unspecified atom stereocenters. The quantitative estimate of drug-likeness (QED) is 0.846. The molecule has 1 atom stereocenters. The fourth-order valence-corrected chi connectivity index (χ4v) is 3.76. The van der Waals surface area contributed by atoms with Gasteiger partial charge in [-0.15, -0.1) is 11.3 Å². The predicted molar refractivity (Wildman–Crippen MR) is 104 cm³/mol. The molecule has 3 heterocycles. The molecule has 1 amide bonds. The van der Waals surface area contributed by atoms with Crippen LogP contribution in [0.3, 0.4) is 0 Å². The van der Waals surface area contributed by atoms with E-state index in [9.17, 15) is 4.79 Å². The number of rotatable bonds is 5. The third-order valence-electron chi connectivity index (χ3n) is 4.49. The summed E-state index contributed by atoms with van der Waals surface area (Å²) in [7, 11) is 3.94. The number of aromatic nitrogens is 3. The molecular weight excluding hydrogens is 348 g/mol. The Balaban J connectivity index is 1.63.